The van der Waals surface area contributed by atoms with E-state index < -0.39 is 0 Å². The van der Waals surface area contributed by atoms with Crippen molar-refractivity contribution in [3.05, 3.63) is 59.0 Å². The zero-order chi connectivity index (χ0) is 14.8. The van der Waals surface area contributed by atoms with Gasteiger partial charge in [-0.3, -0.25) is 0 Å². The number of imidazole rings is 1. The molecule has 2 aromatic heterocycles. The SMILES string of the molecule is Cc1ccnc2c1nc(CCl)n2Cc1ccc(C#N)cc1. The number of hydrogen-bond acceptors (Lipinski definition) is 3. The van der Waals surface area contributed by atoms with E-state index in [0.717, 1.165) is 28.1 Å². The molecule has 3 aromatic rings. The summed E-state index contributed by atoms with van der Waals surface area (Å²) < 4.78 is 2.02. The predicted octanol–water partition coefficient (Wildman–Crippen LogP) is 3.40. The van der Waals surface area contributed by atoms with E-state index in [1.165, 1.54) is 0 Å². The first-order valence-corrected chi connectivity index (χ1v) is 7.12. The van der Waals surface area contributed by atoms with Crippen LogP contribution in [0.1, 0.15) is 22.5 Å². The monoisotopic (exact) mass is 296 g/mol. The summed E-state index contributed by atoms with van der Waals surface area (Å²) >= 11 is 6.02. The first-order chi connectivity index (χ1) is 10.2. The number of alkyl halides is 1. The Hall–Kier alpha value is -2.38. The van der Waals surface area contributed by atoms with Crippen LogP contribution >= 0.6 is 11.6 Å². The Morgan fingerprint density at radius 1 is 1.24 bits per heavy atom. The van der Waals surface area contributed by atoms with Crippen molar-refractivity contribution >= 4 is 22.8 Å². The van der Waals surface area contributed by atoms with Crippen molar-refractivity contribution in [2.75, 3.05) is 0 Å². The molecular weight excluding hydrogens is 284 g/mol. The van der Waals surface area contributed by atoms with Crippen LogP contribution in [0.3, 0.4) is 0 Å². The lowest BCUT2D eigenvalue weighted by atomic mass is 10.1. The molecule has 0 saturated heterocycles. The second kappa shape index (κ2) is 5.55. The van der Waals surface area contributed by atoms with Crippen LogP contribution in [0, 0.1) is 18.3 Å². The fraction of sp³-hybridized carbons (Fsp3) is 0.188. The maximum Gasteiger partial charge on any atom is 0.160 e. The molecule has 104 valence electrons. The lowest BCUT2D eigenvalue weighted by molar-refractivity contribution is 0.770. The number of rotatable bonds is 3. The summed E-state index contributed by atoms with van der Waals surface area (Å²) in [6.07, 6.45) is 1.78. The van der Waals surface area contributed by atoms with Gasteiger partial charge in [-0.15, -0.1) is 11.6 Å². The molecule has 0 aliphatic heterocycles. The summed E-state index contributed by atoms with van der Waals surface area (Å²) in [6, 6.07) is 11.6. The lowest BCUT2D eigenvalue weighted by Crippen LogP contribution is -2.04. The van der Waals surface area contributed by atoms with Gasteiger partial charge in [-0.05, 0) is 36.2 Å². The highest BCUT2D eigenvalue weighted by molar-refractivity contribution is 6.16. The minimum Gasteiger partial charge on any atom is -0.307 e. The Balaban J connectivity index is 2.06. The molecule has 0 fully saturated rings. The number of fused-ring (bicyclic) bond motifs is 1. The number of hydrogen-bond donors (Lipinski definition) is 0. The van der Waals surface area contributed by atoms with Gasteiger partial charge in [-0.25, -0.2) is 9.97 Å². The van der Waals surface area contributed by atoms with Gasteiger partial charge in [0.15, 0.2) is 5.65 Å². The van der Waals surface area contributed by atoms with Gasteiger partial charge in [-0.2, -0.15) is 5.26 Å². The predicted molar refractivity (Wildman–Crippen MR) is 82.1 cm³/mol. The molecular formula is C16H13ClN4. The molecule has 4 nitrogen and oxygen atoms in total. The molecule has 0 amide bonds. The van der Waals surface area contributed by atoms with Crippen molar-refractivity contribution in [3.63, 3.8) is 0 Å². The molecule has 5 heteroatoms. The van der Waals surface area contributed by atoms with Crippen molar-refractivity contribution < 1.29 is 0 Å². The number of halogens is 1. The molecule has 3 rings (SSSR count). The number of pyridine rings is 1. The van der Waals surface area contributed by atoms with Crippen molar-refractivity contribution in [3.8, 4) is 6.07 Å². The molecule has 0 atom stereocenters. The number of benzene rings is 1. The standard InChI is InChI=1S/C16H13ClN4/c1-11-6-7-19-16-15(11)20-14(8-17)21(16)10-13-4-2-12(9-18)3-5-13/h2-7H,8,10H2,1H3. The molecule has 21 heavy (non-hydrogen) atoms. The Labute approximate surface area is 127 Å². The minimum absolute atomic E-state index is 0.339. The Morgan fingerprint density at radius 2 is 2.00 bits per heavy atom. The smallest absolute Gasteiger partial charge is 0.160 e. The van der Waals surface area contributed by atoms with Crippen molar-refractivity contribution in [2.24, 2.45) is 0 Å². The van der Waals surface area contributed by atoms with E-state index >= 15 is 0 Å². The molecule has 0 aliphatic carbocycles. The number of aryl methyl sites for hydroxylation is 1. The van der Waals surface area contributed by atoms with Crippen LogP contribution in [0.5, 0.6) is 0 Å². The Bertz CT molecular complexity index is 828. The third-order valence-electron chi connectivity index (χ3n) is 3.46. The van der Waals surface area contributed by atoms with Crippen LogP contribution in [0.25, 0.3) is 11.2 Å². The number of aromatic nitrogens is 3. The normalized spacial score (nSPS) is 10.7. The van der Waals surface area contributed by atoms with Crippen LogP contribution in [0.2, 0.25) is 0 Å². The first-order valence-electron chi connectivity index (χ1n) is 6.58. The molecule has 0 bridgehead atoms. The van der Waals surface area contributed by atoms with Gasteiger partial charge in [-0.1, -0.05) is 12.1 Å². The summed E-state index contributed by atoms with van der Waals surface area (Å²) in [6.45, 7) is 2.65. The van der Waals surface area contributed by atoms with E-state index in [-0.39, 0.29) is 0 Å². The molecule has 0 saturated carbocycles. The third kappa shape index (κ3) is 2.48. The van der Waals surface area contributed by atoms with Crippen molar-refractivity contribution in [1.82, 2.24) is 14.5 Å². The van der Waals surface area contributed by atoms with E-state index in [4.69, 9.17) is 16.9 Å². The zero-order valence-corrected chi connectivity index (χ0v) is 12.3. The fourth-order valence-electron chi connectivity index (χ4n) is 2.32. The summed E-state index contributed by atoms with van der Waals surface area (Å²) in [5, 5.41) is 8.85. The highest BCUT2D eigenvalue weighted by Crippen LogP contribution is 2.20. The van der Waals surface area contributed by atoms with Gasteiger partial charge in [0.05, 0.1) is 24.1 Å². The number of nitriles is 1. The molecule has 0 radical (unpaired) electrons. The highest BCUT2D eigenvalue weighted by Gasteiger charge is 2.13. The molecule has 0 N–H and O–H groups in total. The average molecular weight is 297 g/mol. The molecule has 0 spiro atoms. The second-order valence-electron chi connectivity index (χ2n) is 4.86. The summed E-state index contributed by atoms with van der Waals surface area (Å²) in [4.78, 5) is 9.01. The Morgan fingerprint density at radius 3 is 2.67 bits per heavy atom. The van der Waals surface area contributed by atoms with Gasteiger partial charge >= 0.3 is 0 Å². The van der Waals surface area contributed by atoms with Crippen LogP contribution in [-0.2, 0) is 12.4 Å². The maximum atomic E-state index is 8.85. The maximum absolute atomic E-state index is 8.85. The van der Waals surface area contributed by atoms with Crippen LogP contribution < -0.4 is 0 Å². The van der Waals surface area contributed by atoms with Crippen LogP contribution in [0.15, 0.2) is 36.5 Å². The summed E-state index contributed by atoms with van der Waals surface area (Å²) in [7, 11) is 0. The van der Waals surface area contributed by atoms with Gasteiger partial charge in [0.2, 0.25) is 0 Å². The van der Waals surface area contributed by atoms with Gasteiger partial charge in [0.1, 0.15) is 11.3 Å². The van der Waals surface area contributed by atoms with Crippen LogP contribution in [-0.4, -0.2) is 14.5 Å². The van der Waals surface area contributed by atoms with E-state index in [2.05, 4.69) is 16.0 Å². The highest BCUT2D eigenvalue weighted by atomic mass is 35.5. The topological polar surface area (TPSA) is 54.5 Å². The van der Waals surface area contributed by atoms with E-state index in [1.807, 2.05) is 41.8 Å². The van der Waals surface area contributed by atoms with E-state index in [0.29, 0.717) is 18.0 Å². The fourth-order valence-corrected chi connectivity index (χ4v) is 2.52. The van der Waals surface area contributed by atoms with Crippen molar-refractivity contribution in [2.45, 2.75) is 19.3 Å². The molecule has 0 unspecified atom stereocenters. The third-order valence-corrected chi connectivity index (χ3v) is 3.70. The quantitative estimate of drug-likeness (QED) is 0.696. The lowest BCUT2D eigenvalue weighted by Gasteiger charge is -2.07. The summed E-state index contributed by atoms with van der Waals surface area (Å²) in [5.74, 6) is 1.14. The van der Waals surface area contributed by atoms with Crippen molar-refractivity contribution in [1.29, 1.82) is 5.26 Å². The molecule has 0 aliphatic rings. The van der Waals surface area contributed by atoms with Gasteiger partial charge < -0.3 is 4.57 Å². The average Bonchev–Trinajstić information content (AvgIpc) is 2.87. The largest absolute Gasteiger partial charge is 0.307 e. The van der Waals surface area contributed by atoms with E-state index in [9.17, 15) is 0 Å². The van der Waals surface area contributed by atoms with Gasteiger partial charge in [0.25, 0.3) is 0 Å². The number of nitrogens with zero attached hydrogens (tertiary/aromatic N) is 4. The molecule has 1 aromatic carbocycles. The zero-order valence-electron chi connectivity index (χ0n) is 11.5. The van der Waals surface area contributed by atoms with Gasteiger partial charge in [0, 0.05) is 6.20 Å². The first kappa shape index (κ1) is 13.6. The van der Waals surface area contributed by atoms with E-state index in [1.54, 1.807) is 6.20 Å². The van der Waals surface area contributed by atoms with Crippen LogP contribution in [0.4, 0.5) is 0 Å². The Kier molecular flexibility index (Phi) is 3.59. The summed E-state index contributed by atoms with van der Waals surface area (Å²) in [5.41, 5.74) is 4.56. The minimum atomic E-state index is 0.339. The molecule has 2 heterocycles. The second-order valence-corrected chi connectivity index (χ2v) is 5.12.